The third-order valence-corrected chi connectivity index (χ3v) is 11.6. The summed E-state index contributed by atoms with van der Waals surface area (Å²) in [6, 6.07) is 1.42. The molecule has 3 heterocycles. The van der Waals surface area contributed by atoms with Gasteiger partial charge in [-0.3, -0.25) is 4.79 Å². The van der Waals surface area contributed by atoms with Crippen LogP contribution < -0.4 is 5.32 Å². The van der Waals surface area contributed by atoms with Crippen molar-refractivity contribution in [2.24, 2.45) is 11.8 Å². The van der Waals surface area contributed by atoms with Gasteiger partial charge in [-0.05, 0) is 57.5 Å². The molecule has 4 aliphatic rings. The Kier molecular flexibility index (Phi) is 4.49. The van der Waals surface area contributed by atoms with Gasteiger partial charge >= 0.3 is 8.32 Å². The Hall–Kier alpha value is -0.513. The molecule has 0 aromatic heterocycles. The summed E-state index contributed by atoms with van der Waals surface area (Å²) in [7, 11) is -2.91. The molecule has 7 nitrogen and oxygen atoms in total. The zero-order valence-corrected chi connectivity index (χ0v) is 16.3. The molecule has 0 amide bonds. The molecule has 0 aromatic carbocycles. The highest BCUT2D eigenvalue weighted by atomic mass is 28.4. The molecule has 25 heavy (non-hydrogen) atoms. The highest BCUT2D eigenvalue weighted by Crippen LogP contribution is 2.54. The van der Waals surface area contributed by atoms with Crippen molar-refractivity contribution in [1.82, 2.24) is 5.32 Å². The van der Waals surface area contributed by atoms with Gasteiger partial charge in [0.1, 0.15) is 0 Å². The van der Waals surface area contributed by atoms with Gasteiger partial charge in [0.25, 0.3) is 16.8 Å². The largest absolute Gasteiger partial charge is 0.507 e. The molecule has 1 N–H and O–H groups in total. The van der Waals surface area contributed by atoms with Crippen LogP contribution in [0.1, 0.15) is 59.3 Å². The third-order valence-electron chi connectivity index (χ3n) is 6.62. The second-order valence-corrected chi connectivity index (χ2v) is 12.4. The predicted molar refractivity (Wildman–Crippen MR) is 89.9 cm³/mol. The number of nitrogens with one attached hydrogen (secondary N) is 1. The summed E-state index contributed by atoms with van der Waals surface area (Å²) in [6.07, 6.45) is 7.43. The summed E-state index contributed by atoms with van der Waals surface area (Å²) in [6.45, 7) is 6.18. The minimum Gasteiger partial charge on any atom is -0.507 e. The van der Waals surface area contributed by atoms with Crippen LogP contribution in [0.3, 0.4) is 0 Å². The van der Waals surface area contributed by atoms with E-state index in [9.17, 15) is 4.79 Å². The zero-order chi connectivity index (χ0) is 17.7. The lowest BCUT2D eigenvalue weighted by Crippen LogP contribution is -2.63. The van der Waals surface area contributed by atoms with Gasteiger partial charge in [0, 0.05) is 13.0 Å². The van der Waals surface area contributed by atoms with Crippen molar-refractivity contribution in [2.45, 2.75) is 82.2 Å². The lowest BCUT2D eigenvalue weighted by Gasteiger charge is -2.32. The molecule has 1 aliphatic carbocycles. The first-order chi connectivity index (χ1) is 11.9. The average molecular weight is 372 g/mol. The molecule has 3 unspecified atom stereocenters. The molecule has 8 heteroatoms. The molecule has 4 rings (SSSR count). The maximum Gasteiger partial charge on any atom is 0.390 e. The molecule has 0 radical (unpaired) electrons. The molecular weight excluding hydrogens is 342 g/mol. The van der Waals surface area contributed by atoms with Crippen molar-refractivity contribution in [1.29, 1.82) is 0 Å². The van der Waals surface area contributed by atoms with E-state index in [2.05, 4.69) is 5.32 Å². The summed E-state index contributed by atoms with van der Waals surface area (Å²) < 4.78 is 5.85. The lowest BCUT2D eigenvalue weighted by molar-refractivity contribution is -0.133. The maximum absolute atomic E-state index is 11.8. The molecule has 1 saturated carbocycles. The van der Waals surface area contributed by atoms with E-state index in [1.807, 2.05) is 13.8 Å². The summed E-state index contributed by atoms with van der Waals surface area (Å²) in [4.78, 5) is 32.8. The van der Waals surface area contributed by atoms with E-state index in [1.165, 1.54) is 32.6 Å². The molecule has 0 aromatic rings. The Bertz CT molecular complexity index is 517. The minimum absolute atomic E-state index is 0.331. The number of carbonyl (C=O) groups excluding carboxylic acids is 1. The first kappa shape index (κ1) is 17.9. The Morgan fingerprint density at radius 3 is 2.40 bits per heavy atom. The van der Waals surface area contributed by atoms with Crippen LogP contribution in [0, 0.1) is 11.8 Å². The van der Waals surface area contributed by atoms with Crippen molar-refractivity contribution in [3.8, 4) is 0 Å². The van der Waals surface area contributed by atoms with Gasteiger partial charge in [-0.1, -0.05) is 19.3 Å². The van der Waals surface area contributed by atoms with E-state index in [-0.39, 0.29) is 5.97 Å². The van der Waals surface area contributed by atoms with Gasteiger partial charge in [0.05, 0.1) is 0 Å². The molecule has 0 bridgehead atoms. The number of hydrogen-bond donors (Lipinski definition) is 1. The molecule has 3 saturated heterocycles. The van der Waals surface area contributed by atoms with Crippen molar-refractivity contribution in [3.05, 3.63) is 0 Å². The van der Waals surface area contributed by atoms with E-state index in [1.54, 1.807) is 0 Å². The van der Waals surface area contributed by atoms with Crippen LogP contribution in [0.15, 0.2) is 0 Å². The van der Waals surface area contributed by atoms with Gasteiger partial charge in [0.15, 0.2) is 0 Å². The Morgan fingerprint density at radius 1 is 1.16 bits per heavy atom. The molecule has 3 aliphatic heterocycles. The fourth-order valence-electron chi connectivity index (χ4n) is 5.10. The van der Waals surface area contributed by atoms with E-state index in [0.29, 0.717) is 18.0 Å². The van der Waals surface area contributed by atoms with Crippen LogP contribution in [-0.4, -0.2) is 37.7 Å². The first-order valence-corrected chi connectivity index (χ1v) is 11.7. The van der Waals surface area contributed by atoms with E-state index >= 15 is 0 Å². The van der Waals surface area contributed by atoms with Gasteiger partial charge in [-0.25, -0.2) is 0 Å². The van der Waals surface area contributed by atoms with Crippen LogP contribution in [-0.2, 0) is 28.8 Å². The Balaban J connectivity index is 1.42. The van der Waals surface area contributed by atoms with Gasteiger partial charge in [-0.2, -0.15) is 19.6 Å². The molecule has 3 atom stereocenters. The number of rotatable bonds is 7. The summed E-state index contributed by atoms with van der Waals surface area (Å²) in [5.41, 5.74) is -1.77. The second kappa shape index (κ2) is 6.28. The van der Waals surface area contributed by atoms with Crippen molar-refractivity contribution in [3.63, 3.8) is 0 Å². The van der Waals surface area contributed by atoms with Crippen molar-refractivity contribution >= 4 is 14.3 Å². The van der Waals surface area contributed by atoms with Crippen LogP contribution in [0.2, 0.25) is 6.04 Å². The number of fused-ring (bicyclic) bond motifs is 1. The number of carbonyl (C=O) groups is 1. The zero-order valence-electron chi connectivity index (χ0n) is 15.3. The monoisotopic (exact) mass is 371 g/mol. The van der Waals surface area contributed by atoms with E-state index in [4.69, 9.17) is 24.0 Å². The van der Waals surface area contributed by atoms with Gasteiger partial charge < -0.3 is 9.74 Å². The molecule has 142 valence electrons. The summed E-state index contributed by atoms with van der Waals surface area (Å²) in [5, 5.41) is 3.70. The fourth-order valence-corrected chi connectivity index (χ4v) is 9.12. The minimum atomic E-state index is -2.91. The average Bonchev–Trinajstić information content (AvgIpc) is 3.47. The van der Waals surface area contributed by atoms with Crippen LogP contribution in [0.5, 0.6) is 0 Å². The maximum atomic E-state index is 11.8. The topological polar surface area (TPSA) is 88.5 Å². The third kappa shape index (κ3) is 3.06. The van der Waals surface area contributed by atoms with E-state index in [0.717, 1.165) is 25.3 Å². The van der Waals surface area contributed by atoms with E-state index < -0.39 is 19.1 Å². The van der Waals surface area contributed by atoms with Crippen molar-refractivity contribution < 1.29 is 28.8 Å². The second-order valence-electron chi connectivity index (χ2n) is 8.26. The van der Waals surface area contributed by atoms with Crippen LogP contribution in [0.25, 0.3) is 0 Å². The smallest absolute Gasteiger partial charge is 0.390 e. The quantitative estimate of drug-likeness (QED) is 0.418. The normalized spacial score (nSPS) is 35.1. The standard InChI is InChI=1S/C17H29NO6Si/c1-12(19)20-25(16(2)21-22-16,17(3)23-24-17)10-6-7-13-11-18-15-9-5-4-8-14(13)15/h13-15,18H,4-11H2,1-3H3. The Labute approximate surface area is 149 Å². The summed E-state index contributed by atoms with van der Waals surface area (Å²) in [5.74, 6) is 1.17. The SMILES string of the molecule is CC(=O)O[Si](CCCC1CNC2CCCCC12)(C1(C)OO1)C1(C)OO1. The van der Waals surface area contributed by atoms with Crippen LogP contribution in [0.4, 0.5) is 0 Å². The Morgan fingerprint density at radius 2 is 1.80 bits per heavy atom. The molecular formula is C17H29NO6Si. The first-order valence-electron chi connectivity index (χ1n) is 9.56. The van der Waals surface area contributed by atoms with Crippen molar-refractivity contribution in [2.75, 3.05) is 6.54 Å². The summed E-state index contributed by atoms with van der Waals surface area (Å²) >= 11 is 0. The predicted octanol–water partition coefficient (Wildman–Crippen LogP) is 2.49. The number of hydrogen-bond acceptors (Lipinski definition) is 7. The molecule has 0 spiro atoms. The van der Waals surface area contributed by atoms with Gasteiger partial charge in [-0.15, -0.1) is 0 Å². The van der Waals surface area contributed by atoms with Crippen LogP contribution >= 0.6 is 0 Å². The van der Waals surface area contributed by atoms with Gasteiger partial charge in [0.2, 0.25) is 0 Å². The molecule has 4 fully saturated rings. The fraction of sp³-hybridized carbons (Fsp3) is 0.941. The highest BCUT2D eigenvalue weighted by Gasteiger charge is 2.82. The lowest BCUT2D eigenvalue weighted by atomic mass is 9.78. The highest BCUT2D eigenvalue weighted by molar-refractivity contribution is 6.80.